The van der Waals surface area contributed by atoms with Gasteiger partial charge in [-0.05, 0) is 35.9 Å². The molecule has 1 N–H and O–H groups in total. The zero-order chi connectivity index (χ0) is 27.7. The Labute approximate surface area is 228 Å². The highest BCUT2D eigenvalue weighted by molar-refractivity contribution is 8.00. The van der Waals surface area contributed by atoms with E-state index in [1.54, 1.807) is 65.1 Å². The van der Waals surface area contributed by atoms with Gasteiger partial charge in [-0.2, -0.15) is 13.2 Å². The van der Waals surface area contributed by atoms with Crippen LogP contribution in [0, 0.1) is 0 Å². The maximum absolute atomic E-state index is 13.6. The average Bonchev–Trinajstić information content (AvgIpc) is 3.34. The van der Waals surface area contributed by atoms with E-state index < -0.39 is 22.9 Å². The summed E-state index contributed by atoms with van der Waals surface area (Å²) in [5, 5.41) is 10.8. The fourth-order valence-corrected chi connectivity index (χ4v) is 5.31. The molecule has 0 saturated heterocycles. The van der Waals surface area contributed by atoms with Gasteiger partial charge in [0.25, 0.3) is 5.56 Å². The first-order valence-corrected chi connectivity index (χ1v) is 12.8. The molecule has 5 aromatic rings. The van der Waals surface area contributed by atoms with E-state index in [1.807, 2.05) is 0 Å². The molecule has 0 bridgehead atoms. The number of para-hydroxylation sites is 1. The summed E-state index contributed by atoms with van der Waals surface area (Å²) in [5.41, 5.74) is -0.267. The first-order chi connectivity index (χ1) is 18.7. The fraction of sp³-hybridized carbons (Fsp3) is 0.111. The van der Waals surface area contributed by atoms with E-state index >= 15 is 0 Å². The van der Waals surface area contributed by atoms with Crippen molar-refractivity contribution in [2.24, 2.45) is 0 Å². The summed E-state index contributed by atoms with van der Waals surface area (Å²) in [6.07, 6.45) is -3.04. The van der Waals surface area contributed by atoms with Crippen LogP contribution in [0.5, 0.6) is 0 Å². The molecule has 2 aromatic heterocycles. The van der Waals surface area contributed by atoms with Gasteiger partial charge in [-0.1, -0.05) is 71.9 Å². The number of amides is 1. The van der Waals surface area contributed by atoms with Crippen LogP contribution in [0.4, 0.5) is 18.9 Å². The van der Waals surface area contributed by atoms with Gasteiger partial charge < -0.3 is 5.32 Å². The van der Waals surface area contributed by atoms with Crippen LogP contribution >= 0.6 is 23.4 Å². The molecule has 7 nitrogen and oxygen atoms in total. The van der Waals surface area contributed by atoms with Crippen molar-refractivity contribution in [3.8, 4) is 0 Å². The Kier molecular flexibility index (Phi) is 7.19. The molecular formula is C27H19ClF3N5O2S. The van der Waals surface area contributed by atoms with Gasteiger partial charge in [0.1, 0.15) is 5.25 Å². The van der Waals surface area contributed by atoms with Crippen molar-refractivity contribution in [2.45, 2.75) is 23.1 Å². The second kappa shape index (κ2) is 10.6. The number of halogens is 4. The van der Waals surface area contributed by atoms with Gasteiger partial charge in [0.15, 0.2) is 5.16 Å². The van der Waals surface area contributed by atoms with Gasteiger partial charge >= 0.3 is 6.18 Å². The van der Waals surface area contributed by atoms with E-state index in [2.05, 4.69) is 22.1 Å². The third-order valence-electron chi connectivity index (χ3n) is 5.91. The molecule has 0 saturated carbocycles. The van der Waals surface area contributed by atoms with Crippen LogP contribution in [-0.2, 0) is 17.5 Å². The number of allylic oxidation sites excluding steroid dienone is 1. The highest BCUT2D eigenvalue weighted by Gasteiger charge is 2.32. The number of fused-ring (bicyclic) bond motifs is 3. The first-order valence-electron chi connectivity index (χ1n) is 11.6. The number of nitrogens with one attached hydrogen (secondary N) is 1. The molecule has 1 amide bonds. The van der Waals surface area contributed by atoms with Crippen molar-refractivity contribution >= 4 is 51.6 Å². The lowest BCUT2D eigenvalue weighted by Crippen LogP contribution is -2.23. The summed E-state index contributed by atoms with van der Waals surface area (Å²) in [5.74, 6) is -0.359. The molecule has 12 heteroatoms. The Morgan fingerprint density at radius 2 is 1.79 bits per heavy atom. The maximum Gasteiger partial charge on any atom is 0.416 e. The lowest BCUT2D eigenvalue weighted by molar-refractivity contribution is -0.137. The van der Waals surface area contributed by atoms with Crippen LogP contribution in [0.3, 0.4) is 0 Å². The maximum atomic E-state index is 13.6. The Balaban J connectivity index is 1.61. The van der Waals surface area contributed by atoms with Gasteiger partial charge in [0, 0.05) is 6.54 Å². The van der Waals surface area contributed by atoms with Crippen LogP contribution in [-0.4, -0.2) is 25.1 Å². The lowest BCUT2D eigenvalue weighted by Gasteiger charge is -2.18. The minimum absolute atomic E-state index is 0.0412. The van der Waals surface area contributed by atoms with E-state index in [0.29, 0.717) is 21.6 Å². The van der Waals surface area contributed by atoms with Crippen molar-refractivity contribution in [1.29, 1.82) is 0 Å². The van der Waals surface area contributed by atoms with Crippen LogP contribution in [0.2, 0.25) is 5.02 Å². The summed E-state index contributed by atoms with van der Waals surface area (Å²) >= 11 is 7.17. The number of carbonyl (C=O) groups excluding carboxylic acids is 1. The molecule has 198 valence electrons. The Hall–Kier alpha value is -4.09. The third-order valence-corrected chi connectivity index (χ3v) is 7.43. The second-order valence-corrected chi connectivity index (χ2v) is 9.91. The standard InChI is InChI=1S/C27H19ClF3N5O2S/c1-2-14-35-24(38)18-10-6-7-11-21(18)36-25(35)33-34-26(36)39-22(16-8-4-3-5-9-16)23(37)32-20-15-17(27(29,30)31)12-13-19(20)28/h2-13,15,22H,1,14H2,(H,32,37)/t22-/m1/s1. The number of nitrogens with zero attached hydrogens (tertiary/aromatic N) is 4. The molecule has 39 heavy (non-hydrogen) atoms. The van der Waals surface area contributed by atoms with Crippen LogP contribution in [0.1, 0.15) is 16.4 Å². The van der Waals surface area contributed by atoms with Gasteiger partial charge in [0.2, 0.25) is 11.7 Å². The molecule has 0 aliphatic carbocycles. The monoisotopic (exact) mass is 569 g/mol. The predicted molar refractivity (Wildman–Crippen MR) is 145 cm³/mol. The number of alkyl halides is 3. The fourth-order valence-electron chi connectivity index (χ4n) is 4.11. The van der Waals surface area contributed by atoms with E-state index in [-0.39, 0.29) is 28.6 Å². The predicted octanol–water partition coefficient (Wildman–Crippen LogP) is 6.37. The Morgan fingerprint density at radius 3 is 2.51 bits per heavy atom. The van der Waals surface area contributed by atoms with E-state index in [4.69, 9.17) is 11.6 Å². The summed E-state index contributed by atoms with van der Waals surface area (Å²) in [6, 6.07) is 18.4. The van der Waals surface area contributed by atoms with Crippen LogP contribution in [0.15, 0.2) is 95.4 Å². The molecule has 0 unspecified atom stereocenters. The number of thioether (sulfide) groups is 1. The molecule has 0 fully saturated rings. The third kappa shape index (κ3) is 5.15. The zero-order valence-corrected chi connectivity index (χ0v) is 21.6. The van der Waals surface area contributed by atoms with Crippen molar-refractivity contribution in [3.05, 3.63) is 112 Å². The first kappa shape index (κ1) is 26.5. The average molecular weight is 570 g/mol. The van der Waals surface area contributed by atoms with E-state index in [1.165, 1.54) is 4.57 Å². The van der Waals surface area contributed by atoms with E-state index in [0.717, 1.165) is 30.0 Å². The zero-order valence-electron chi connectivity index (χ0n) is 20.0. The lowest BCUT2D eigenvalue weighted by atomic mass is 10.1. The Morgan fingerprint density at radius 1 is 1.08 bits per heavy atom. The van der Waals surface area contributed by atoms with Gasteiger partial charge in [-0.3, -0.25) is 18.6 Å². The largest absolute Gasteiger partial charge is 0.416 e. The van der Waals surface area contributed by atoms with Gasteiger partial charge in [-0.25, -0.2) is 0 Å². The minimum atomic E-state index is -4.61. The Bertz CT molecular complexity index is 1770. The quantitative estimate of drug-likeness (QED) is 0.182. The highest BCUT2D eigenvalue weighted by Crippen LogP contribution is 2.38. The SMILES string of the molecule is C=CCn1c(=O)c2ccccc2n2c(S[C@@H](C(=O)Nc3cc(C(F)(F)F)ccc3Cl)c3ccccc3)nnc12. The topological polar surface area (TPSA) is 81.3 Å². The summed E-state index contributed by atoms with van der Waals surface area (Å²) in [6.45, 7) is 3.90. The number of hydrogen-bond donors (Lipinski definition) is 1. The number of hydrogen-bond acceptors (Lipinski definition) is 5. The van der Waals surface area contributed by atoms with Gasteiger partial charge in [0.05, 0.1) is 27.2 Å². The number of anilines is 1. The van der Waals surface area contributed by atoms with Crippen molar-refractivity contribution in [3.63, 3.8) is 0 Å². The second-order valence-electron chi connectivity index (χ2n) is 8.43. The molecule has 0 aliphatic rings. The number of carbonyl (C=O) groups is 1. The number of rotatable bonds is 7. The molecule has 0 spiro atoms. The van der Waals surface area contributed by atoms with E-state index in [9.17, 15) is 22.8 Å². The number of aromatic nitrogens is 4. The molecular weight excluding hydrogens is 551 g/mol. The molecule has 0 aliphatic heterocycles. The van der Waals surface area contributed by atoms with Crippen molar-refractivity contribution in [2.75, 3.05) is 5.32 Å². The normalized spacial score (nSPS) is 12.5. The molecule has 1 atom stereocenters. The summed E-state index contributed by atoms with van der Waals surface area (Å²) in [4.78, 5) is 26.7. The summed E-state index contributed by atoms with van der Waals surface area (Å²) in [7, 11) is 0. The van der Waals surface area contributed by atoms with Crippen molar-refractivity contribution in [1.82, 2.24) is 19.2 Å². The molecule has 5 rings (SSSR count). The highest BCUT2D eigenvalue weighted by atomic mass is 35.5. The smallest absolute Gasteiger partial charge is 0.323 e. The molecule has 0 radical (unpaired) electrons. The van der Waals surface area contributed by atoms with Gasteiger partial charge in [-0.15, -0.1) is 16.8 Å². The molecule has 3 aromatic carbocycles. The summed E-state index contributed by atoms with van der Waals surface area (Å²) < 4.78 is 43.0. The number of benzene rings is 3. The molecule has 2 heterocycles. The minimum Gasteiger partial charge on any atom is -0.323 e. The van der Waals surface area contributed by atoms with Crippen LogP contribution < -0.4 is 10.9 Å². The van der Waals surface area contributed by atoms with Crippen LogP contribution in [0.25, 0.3) is 16.7 Å². The van der Waals surface area contributed by atoms with Crippen molar-refractivity contribution < 1.29 is 18.0 Å².